The Morgan fingerprint density at radius 1 is 1.06 bits per heavy atom. The zero-order valence-corrected chi connectivity index (χ0v) is 10.6. The van der Waals surface area contributed by atoms with Gasteiger partial charge in [0.2, 0.25) is 0 Å². The molecule has 0 spiro atoms. The molecule has 2 atom stereocenters. The van der Waals surface area contributed by atoms with Crippen molar-refractivity contribution in [3.05, 3.63) is 0 Å². The van der Waals surface area contributed by atoms with E-state index in [0.717, 1.165) is 18.4 Å². The van der Waals surface area contributed by atoms with E-state index in [4.69, 9.17) is 10.2 Å². The van der Waals surface area contributed by atoms with Gasteiger partial charge in [-0.15, -0.1) is 0 Å². The van der Waals surface area contributed by atoms with Crippen LogP contribution in [0.1, 0.15) is 39.0 Å². The molecular weight excluding hydrogens is 202 g/mol. The Labute approximate surface area is 99.5 Å². The van der Waals surface area contributed by atoms with Gasteiger partial charge < -0.3 is 10.2 Å². The fourth-order valence-electron chi connectivity index (χ4n) is 2.81. The highest BCUT2D eigenvalue weighted by Gasteiger charge is 2.19. The molecule has 1 fully saturated rings. The summed E-state index contributed by atoms with van der Waals surface area (Å²) in [6.45, 7) is 5.16. The van der Waals surface area contributed by atoms with Crippen LogP contribution in [0.5, 0.6) is 0 Å². The number of aliphatic hydroxyl groups is 2. The van der Waals surface area contributed by atoms with Crippen LogP contribution in [0.15, 0.2) is 0 Å². The van der Waals surface area contributed by atoms with Crippen molar-refractivity contribution in [2.24, 2.45) is 11.8 Å². The highest BCUT2D eigenvalue weighted by atomic mass is 16.3. The van der Waals surface area contributed by atoms with Crippen molar-refractivity contribution < 1.29 is 10.2 Å². The van der Waals surface area contributed by atoms with Gasteiger partial charge in [0.25, 0.3) is 0 Å². The maximum atomic E-state index is 8.92. The highest BCUT2D eigenvalue weighted by molar-refractivity contribution is 4.72. The van der Waals surface area contributed by atoms with Crippen LogP contribution in [0, 0.1) is 11.8 Å². The van der Waals surface area contributed by atoms with E-state index in [1.165, 1.54) is 32.1 Å². The molecule has 1 aliphatic rings. The quantitative estimate of drug-likeness (QED) is 0.695. The molecule has 1 aliphatic carbocycles. The molecule has 0 heterocycles. The van der Waals surface area contributed by atoms with Gasteiger partial charge in [-0.05, 0) is 31.2 Å². The van der Waals surface area contributed by atoms with Crippen molar-refractivity contribution in [1.29, 1.82) is 0 Å². The third-order valence-electron chi connectivity index (χ3n) is 3.73. The van der Waals surface area contributed by atoms with E-state index in [2.05, 4.69) is 11.8 Å². The first kappa shape index (κ1) is 13.9. The van der Waals surface area contributed by atoms with E-state index >= 15 is 0 Å². The SMILES string of the molecule is CC1CCCC(CCN(CCO)CCO)C1. The minimum Gasteiger partial charge on any atom is -0.395 e. The lowest BCUT2D eigenvalue weighted by Gasteiger charge is -2.29. The van der Waals surface area contributed by atoms with Crippen molar-refractivity contribution in [2.45, 2.75) is 39.0 Å². The molecule has 0 aliphatic heterocycles. The van der Waals surface area contributed by atoms with E-state index < -0.39 is 0 Å². The maximum Gasteiger partial charge on any atom is 0.0558 e. The minimum atomic E-state index is 0.196. The fraction of sp³-hybridized carbons (Fsp3) is 1.00. The first-order valence-electron chi connectivity index (χ1n) is 6.70. The molecule has 96 valence electrons. The minimum absolute atomic E-state index is 0.196. The Balaban J connectivity index is 2.19. The van der Waals surface area contributed by atoms with E-state index in [1.54, 1.807) is 0 Å². The van der Waals surface area contributed by atoms with Crippen LogP contribution in [0.2, 0.25) is 0 Å². The van der Waals surface area contributed by atoms with Gasteiger partial charge in [0.05, 0.1) is 13.2 Å². The van der Waals surface area contributed by atoms with Gasteiger partial charge in [-0.25, -0.2) is 0 Å². The van der Waals surface area contributed by atoms with Crippen LogP contribution < -0.4 is 0 Å². The molecule has 0 aromatic heterocycles. The topological polar surface area (TPSA) is 43.7 Å². The molecule has 16 heavy (non-hydrogen) atoms. The summed E-state index contributed by atoms with van der Waals surface area (Å²) >= 11 is 0. The summed E-state index contributed by atoms with van der Waals surface area (Å²) < 4.78 is 0. The molecule has 3 nitrogen and oxygen atoms in total. The number of rotatable bonds is 7. The second-order valence-electron chi connectivity index (χ2n) is 5.22. The van der Waals surface area contributed by atoms with Crippen molar-refractivity contribution in [3.63, 3.8) is 0 Å². The summed E-state index contributed by atoms with van der Waals surface area (Å²) in [6, 6.07) is 0. The molecule has 2 unspecified atom stereocenters. The number of hydrogen-bond donors (Lipinski definition) is 2. The third kappa shape index (κ3) is 5.28. The van der Waals surface area contributed by atoms with E-state index in [-0.39, 0.29) is 13.2 Å². The van der Waals surface area contributed by atoms with Crippen LogP contribution in [-0.4, -0.2) is 48.0 Å². The molecule has 0 saturated heterocycles. The van der Waals surface area contributed by atoms with Crippen LogP contribution >= 0.6 is 0 Å². The van der Waals surface area contributed by atoms with Crippen LogP contribution in [-0.2, 0) is 0 Å². The fourth-order valence-corrected chi connectivity index (χ4v) is 2.81. The monoisotopic (exact) mass is 229 g/mol. The molecule has 1 rings (SSSR count). The molecule has 0 bridgehead atoms. The van der Waals surface area contributed by atoms with Gasteiger partial charge in [-0.3, -0.25) is 4.90 Å². The normalized spacial score (nSPS) is 26.2. The number of nitrogens with zero attached hydrogens (tertiary/aromatic N) is 1. The Morgan fingerprint density at radius 2 is 1.75 bits per heavy atom. The predicted octanol–water partition coefficient (Wildman–Crippen LogP) is 1.49. The zero-order chi connectivity index (χ0) is 11.8. The molecule has 0 amide bonds. The summed E-state index contributed by atoms with van der Waals surface area (Å²) in [5, 5.41) is 17.8. The molecular formula is C13H27NO2. The van der Waals surface area contributed by atoms with Crippen molar-refractivity contribution in [3.8, 4) is 0 Å². The smallest absolute Gasteiger partial charge is 0.0558 e. The highest BCUT2D eigenvalue weighted by Crippen LogP contribution is 2.30. The summed E-state index contributed by atoms with van der Waals surface area (Å²) in [6.07, 6.45) is 6.74. The van der Waals surface area contributed by atoms with Gasteiger partial charge in [0.15, 0.2) is 0 Å². The summed E-state index contributed by atoms with van der Waals surface area (Å²) in [7, 11) is 0. The van der Waals surface area contributed by atoms with Crippen LogP contribution in [0.25, 0.3) is 0 Å². The molecule has 1 saturated carbocycles. The summed E-state index contributed by atoms with van der Waals surface area (Å²) in [5.41, 5.74) is 0. The predicted molar refractivity (Wildman–Crippen MR) is 66.4 cm³/mol. The van der Waals surface area contributed by atoms with Gasteiger partial charge in [-0.1, -0.05) is 26.2 Å². The van der Waals surface area contributed by atoms with E-state index in [1.807, 2.05) is 0 Å². The lowest BCUT2D eigenvalue weighted by molar-refractivity contribution is 0.146. The lowest BCUT2D eigenvalue weighted by atomic mass is 9.81. The van der Waals surface area contributed by atoms with Gasteiger partial charge in [0.1, 0.15) is 0 Å². The Hall–Kier alpha value is -0.120. The Morgan fingerprint density at radius 3 is 2.31 bits per heavy atom. The average Bonchev–Trinajstić information content (AvgIpc) is 2.27. The maximum absolute atomic E-state index is 8.92. The van der Waals surface area contributed by atoms with Crippen molar-refractivity contribution in [2.75, 3.05) is 32.8 Å². The third-order valence-corrected chi connectivity index (χ3v) is 3.73. The number of hydrogen-bond acceptors (Lipinski definition) is 3. The first-order valence-corrected chi connectivity index (χ1v) is 6.70. The standard InChI is InChI=1S/C13H27NO2/c1-12-3-2-4-13(11-12)5-6-14(7-9-15)8-10-16/h12-13,15-16H,2-11H2,1H3. The Kier molecular flexibility index (Phi) is 7.01. The van der Waals surface area contributed by atoms with E-state index in [9.17, 15) is 0 Å². The molecule has 3 heteroatoms. The summed E-state index contributed by atoms with van der Waals surface area (Å²) in [4.78, 5) is 2.17. The Bertz CT molecular complexity index is 165. The van der Waals surface area contributed by atoms with Crippen LogP contribution in [0.3, 0.4) is 0 Å². The average molecular weight is 229 g/mol. The molecule has 2 N–H and O–H groups in total. The second-order valence-corrected chi connectivity index (χ2v) is 5.22. The molecule has 0 aromatic carbocycles. The van der Waals surface area contributed by atoms with Crippen molar-refractivity contribution in [1.82, 2.24) is 4.90 Å². The van der Waals surface area contributed by atoms with Gasteiger partial charge in [0, 0.05) is 13.1 Å². The first-order chi connectivity index (χ1) is 7.76. The number of aliphatic hydroxyl groups excluding tert-OH is 2. The van der Waals surface area contributed by atoms with Crippen LogP contribution in [0.4, 0.5) is 0 Å². The molecule has 0 aromatic rings. The van der Waals surface area contributed by atoms with Gasteiger partial charge in [-0.2, -0.15) is 0 Å². The van der Waals surface area contributed by atoms with E-state index in [0.29, 0.717) is 13.1 Å². The van der Waals surface area contributed by atoms with Crippen molar-refractivity contribution >= 4 is 0 Å². The summed E-state index contributed by atoms with van der Waals surface area (Å²) in [5.74, 6) is 1.76. The van der Waals surface area contributed by atoms with Gasteiger partial charge >= 0.3 is 0 Å². The second kappa shape index (κ2) is 8.04. The largest absolute Gasteiger partial charge is 0.395 e. The zero-order valence-electron chi connectivity index (χ0n) is 10.6. The molecule has 0 radical (unpaired) electrons. The lowest BCUT2D eigenvalue weighted by Crippen LogP contribution is -2.32.